The van der Waals surface area contributed by atoms with Gasteiger partial charge in [0, 0.05) is 19.8 Å². The third-order valence-electron chi connectivity index (χ3n) is 3.02. The fourth-order valence-corrected chi connectivity index (χ4v) is 1.86. The van der Waals surface area contributed by atoms with Crippen molar-refractivity contribution in [1.29, 1.82) is 0 Å². The van der Waals surface area contributed by atoms with Gasteiger partial charge in [0.1, 0.15) is 0 Å². The number of hydrazone groups is 1. The molecular formula is C17H19N3O. The molecule has 0 saturated heterocycles. The van der Waals surface area contributed by atoms with Crippen molar-refractivity contribution in [2.75, 3.05) is 19.0 Å². The minimum absolute atomic E-state index is 0.123. The van der Waals surface area contributed by atoms with Crippen molar-refractivity contribution in [2.24, 2.45) is 5.10 Å². The van der Waals surface area contributed by atoms with Gasteiger partial charge in [-0.2, -0.15) is 5.10 Å². The van der Waals surface area contributed by atoms with Crippen LogP contribution >= 0.6 is 0 Å². The minimum Gasteiger partial charge on any atom is -0.378 e. The molecule has 2 rings (SSSR count). The Labute approximate surface area is 125 Å². The molecule has 4 heteroatoms. The summed E-state index contributed by atoms with van der Waals surface area (Å²) < 4.78 is 0. The zero-order valence-corrected chi connectivity index (χ0v) is 12.3. The van der Waals surface area contributed by atoms with Crippen molar-refractivity contribution in [3.8, 4) is 0 Å². The molecule has 0 aliphatic rings. The predicted octanol–water partition coefficient (Wildman–Crippen LogP) is 2.45. The molecule has 0 unspecified atom stereocenters. The number of rotatable bonds is 5. The molecule has 0 atom stereocenters. The van der Waals surface area contributed by atoms with Gasteiger partial charge in [-0.3, -0.25) is 4.79 Å². The Hall–Kier alpha value is -2.62. The highest BCUT2D eigenvalue weighted by Crippen LogP contribution is 2.10. The van der Waals surface area contributed by atoms with Crippen molar-refractivity contribution in [3.05, 3.63) is 65.7 Å². The van der Waals surface area contributed by atoms with E-state index in [1.807, 2.05) is 73.6 Å². The van der Waals surface area contributed by atoms with Crippen LogP contribution in [0.4, 0.5) is 5.69 Å². The van der Waals surface area contributed by atoms with E-state index in [0.717, 1.165) is 16.8 Å². The van der Waals surface area contributed by atoms with E-state index < -0.39 is 0 Å². The van der Waals surface area contributed by atoms with Gasteiger partial charge >= 0.3 is 0 Å². The number of nitrogens with zero attached hydrogens (tertiary/aromatic N) is 2. The summed E-state index contributed by atoms with van der Waals surface area (Å²) in [6.07, 6.45) is 1.97. The Bertz CT molecular complexity index is 604. The number of benzene rings is 2. The lowest BCUT2D eigenvalue weighted by Crippen LogP contribution is -2.19. The molecule has 1 N–H and O–H groups in total. The fourth-order valence-electron chi connectivity index (χ4n) is 1.86. The van der Waals surface area contributed by atoms with Crippen molar-refractivity contribution in [1.82, 2.24) is 5.43 Å². The molecule has 0 fully saturated rings. The largest absolute Gasteiger partial charge is 0.378 e. The molecule has 0 radical (unpaired) electrons. The van der Waals surface area contributed by atoms with Crippen LogP contribution in [0.5, 0.6) is 0 Å². The zero-order valence-electron chi connectivity index (χ0n) is 12.3. The average molecular weight is 281 g/mol. The second-order valence-electron chi connectivity index (χ2n) is 4.94. The number of nitrogens with one attached hydrogen (secondary N) is 1. The van der Waals surface area contributed by atoms with Gasteiger partial charge in [0.25, 0.3) is 0 Å². The van der Waals surface area contributed by atoms with Crippen LogP contribution in [0.1, 0.15) is 11.1 Å². The smallest absolute Gasteiger partial charge is 0.244 e. The standard InChI is InChI=1S/C17H19N3O/c1-20(2)16-10-8-15(9-11-16)13-18-19-17(21)12-14-6-4-3-5-7-14/h3-11,13H,12H2,1-2H3,(H,19,21)/b18-13+. The number of carbonyl (C=O) groups is 1. The normalized spacial score (nSPS) is 10.6. The lowest BCUT2D eigenvalue weighted by atomic mass is 10.1. The van der Waals surface area contributed by atoms with Crippen molar-refractivity contribution < 1.29 is 4.79 Å². The second kappa shape index (κ2) is 7.24. The zero-order chi connectivity index (χ0) is 15.1. The lowest BCUT2D eigenvalue weighted by Gasteiger charge is -2.11. The molecule has 1 amide bonds. The third kappa shape index (κ3) is 4.76. The Morgan fingerprint density at radius 3 is 2.38 bits per heavy atom. The van der Waals surface area contributed by atoms with E-state index in [1.165, 1.54) is 0 Å². The van der Waals surface area contributed by atoms with Crippen LogP contribution in [0.15, 0.2) is 59.7 Å². The Morgan fingerprint density at radius 1 is 1.10 bits per heavy atom. The molecule has 4 nitrogen and oxygen atoms in total. The summed E-state index contributed by atoms with van der Waals surface area (Å²) in [7, 11) is 3.99. The van der Waals surface area contributed by atoms with Crippen molar-refractivity contribution >= 4 is 17.8 Å². The molecule has 108 valence electrons. The highest BCUT2D eigenvalue weighted by atomic mass is 16.2. The first-order valence-electron chi connectivity index (χ1n) is 6.78. The summed E-state index contributed by atoms with van der Waals surface area (Å²) in [4.78, 5) is 13.7. The Balaban J connectivity index is 1.86. The van der Waals surface area contributed by atoms with Crippen molar-refractivity contribution in [2.45, 2.75) is 6.42 Å². The maximum absolute atomic E-state index is 11.7. The number of hydrogen-bond acceptors (Lipinski definition) is 3. The molecule has 2 aromatic rings. The van der Waals surface area contributed by atoms with E-state index in [0.29, 0.717) is 6.42 Å². The van der Waals surface area contributed by atoms with Crippen LogP contribution < -0.4 is 10.3 Å². The van der Waals surface area contributed by atoms with Crippen LogP contribution in [0.2, 0.25) is 0 Å². The van der Waals surface area contributed by atoms with Crippen LogP contribution in [0.25, 0.3) is 0 Å². The van der Waals surface area contributed by atoms with Crippen molar-refractivity contribution in [3.63, 3.8) is 0 Å². The molecule has 0 saturated carbocycles. The molecule has 0 aromatic heterocycles. The highest BCUT2D eigenvalue weighted by Gasteiger charge is 2.00. The SMILES string of the molecule is CN(C)c1ccc(/C=N/NC(=O)Cc2ccccc2)cc1. The van der Waals surface area contributed by atoms with Crippen LogP contribution in [-0.4, -0.2) is 26.2 Å². The summed E-state index contributed by atoms with van der Waals surface area (Å²) in [5.41, 5.74) is 5.58. The van der Waals surface area contributed by atoms with Crippen LogP contribution in [0.3, 0.4) is 0 Å². The van der Waals surface area contributed by atoms with Gasteiger partial charge in [0.05, 0.1) is 12.6 Å². The van der Waals surface area contributed by atoms with E-state index in [-0.39, 0.29) is 5.91 Å². The van der Waals surface area contributed by atoms with Gasteiger partial charge < -0.3 is 4.90 Å². The van der Waals surface area contributed by atoms with E-state index in [2.05, 4.69) is 10.5 Å². The summed E-state index contributed by atoms with van der Waals surface area (Å²) in [5.74, 6) is -0.123. The average Bonchev–Trinajstić information content (AvgIpc) is 2.49. The van der Waals surface area contributed by atoms with Gasteiger partial charge in [-0.05, 0) is 23.3 Å². The Morgan fingerprint density at radius 2 is 1.76 bits per heavy atom. The van der Waals surface area contributed by atoms with Gasteiger partial charge in [-0.15, -0.1) is 0 Å². The minimum atomic E-state index is -0.123. The molecule has 0 aliphatic carbocycles. The molecule has 0 bridgehead atoms. The molecule has 0 heterocycles. The van der Waals surface area contributed by atoms with Gasteiger partial charge in [-0.1, -0.05) is 42.5 Å². The topological polar surface area (TPSA) is 44.7 Å². The number of carbonyl (C=O) groups excluding carboxylic acids is 1. The first kappa shape index (κ1) is 14.8. The second-order valence-corrected chi connectivity index (χ2v) is 4.94. The van der Waals surface area contributed by atoms with E-state index >= 15 is 0 Å². The summed E-state index contributed by atoms with van der Waals surface area (Å²) in [6.45, 7) is 0. The quantitative estimate of drug-likeness (QED) is 0.676. The van der Waals surface area contributed by atoms with Crippen LogP contribution in [-0.2, 0) is 11.2 Å². The van der Waals surface area contributed by atoms with Gasteiger partial charge in [0.2, 0.25) is 5.91 Å². The molecule has 0 aliphatic heterocycles. The Kier molecular flexibility index (Phi) is 5.10. The van der Waals surface area contributed by atoms with E-state index in [4.69, 9.17) is 0 Å². The monoisotopic (exact) mass is 281 g/mol. The summed E-state index contributed by atoms with van der Waals surface area (Å²) in [6, 6.07) is 17.5. The predicted molar refractivity (Wildman–Crippen MR) is 86.7 cm³/mol. The number of amides is 1. The lowest BCUT2D eigenvalue weighted by molar-refractivity contribution is -0.120. The molecular weight excluding hydrogens is 262 g/mol. The number of hydrogen-bond donors (Lipinski definition) is 1. The highest BCUT2D eigenvalue weighted by molar-refractivity contribution is 5.83. The fraction of sp³-hybridized carbons (Fsp3) is 0.176. The molecule has 2 aromatic carbocycles. The van der Waals surface area contributed by atoms with Gasteiger partial charge in [-0.25, -0.2) is 5.43 Å². The maximum atomic E-state index is 11.7. The summed E-state index contributed by atoms with van der Waals surface area (Å²) >= 11 is 0. The summed E-state index contributed by atoms with van der Waals surface area (Å²) in [5, 5.41) is 3.97. The van der Waals surface area contributed by atoms with Gasteiger partial charge in [0.15, 0.2) is 0 Å². The third-order valence-corrected chi connectivity index (χ3v) is 3.02. The maximum Gasteiger partial charge on any atom is 0.244 e. The molecule has 0 spiro atoms. The number of anilines is 1. The van der Waals surface area contributed by atoms with E-state index in [9.17, 15) is 4.79 Å². The first-order valence-corrected chi connectivity index (χ1v) is 6.78. The van der Waals surface area contributed by atoms with E-state index in [1.54, 1.807) is 6.21 Å². The molecule has 21 heavy (non-hydrogen) atoms. The first-order chi connectivity index (χ1) is 10.1. The van der Waals surface area contributed by atoms with Crippen LogP contribution in [0, 0.1) is 0 Å².